The molecule has 6 rings (SSSR count). The van der Waals surface area contributed by atoms with Gasteiger partial charge in [0.25, 0.3) is 5.91 Å². The van der Waals surface area contributed by atoms with Crippen LogP contribution in [0.4, 0.5) is 23.0 Å². The standard InChI is InChI=1S/C34H41N7O3/c1-6-21-9-8-10-22(7-2)29(21)37-33(42)32-26-13-11-23-20-35-34(38-30(23)31(26)39-44-32)36-27-14-12-25(19-28(27)43-5)41-17-15-24(16-18-41)40(3)4/h8-10,12,14,19-20,24H,6-7,11,13,15-18H2,1-5H3,(H,37,42)(H,35,36,38). The van der Waals surface area contributed by atoms with Crippen LogP contribution in [0.2, 0.25) is 0 Å². The maximum atomic E-state index is 13.5. The van der Waals surface area contributed by atoms with Gasteiger partial charge in [-0.3, -0.25) is 4.79 Å². The van der Waals surface area contributed by atoms with E-state index in [9.17, 15) is 4.79 Å². The molecule has 10 nitrogen and oxygen atoms in total. The highest BCUT2D eigenvalue weighted by molar-refractivity contribution is 6.05. The van der Waals surface area contributed by atoms with Gasteiger partial charge < -0.3 is 29.7 Å². The molecule has 0 unspecified atom stereocenters. The summed E-state index contributed by atoms with van der Waals surface area (Å²) in [6, 6.07) is 12.9. The molecule has 1 aliphatic heterocycles. The van der Waals surface area contributed by atoms with E-state index >= 15 is 0 Å². The van der Waals surface area contributed by atoms with Crippen LogP contribution in [0, 0.1) is 0 Å². The topological polar surface area (TPSA) is 109 Å². The summed E-state index contributed by atoms with van der Waals surface area (Å²) >= 11 is 0. The van der Waals surface area contributed by atoms with E-state index in [0.29, 0.717) is 36.2 Å². The average molecular weight is 596 g/mol. The third kappa shape index (κ3) is 5.74. The van der Waals surface area contributed by atoms with Gasteiger partial charge in [-0.25, -0.2) is 9.97 Å². The van der Waals surface area contributed by atoms with Gasteiger partial charge in [-0.05, 0) is 81.4 Å². The number of nitrogens with zero attached hydrogens (tertiary/aromatic N) is 5. The van der Waals surface area contributed by atoms with Crippen LogP contribution in [0.5, 0.6) is 5.75 Å². The minimum atomic E-state index is -0.291. The van der Waals surface area contributed by atoms with Crippen LogP contribution in [0.3, 0.4) is 0 Å². The Labute approximate surface area is 258 Å². The van der Waals surface area contributed by atoms with Crippen LogP contribution >= 0.6 is 0 Å². The van der Waals surface area contributed by atoms with E-state index in [1.165, 1.54) is 0 Å². The van der Waals surface area contributed by atoms with Crippen molar-refractivity contribution in [3.05, 3.63) is 70.6 Å². The molecule has 44 heavy (non-hydrogen) atoms. The molecule has 1 fully saturated rings. The number of ether oxygens (including phenoxy) is 1. The van der Waals surface area contributed by atoms with E-state index < -0.39 is 0 Å². The molecule has 2 aliphatic rings. The Hall–Kier alpha value is -4.44. The van der Waals surface area contributed by atoms with Gasteiger partial charge in [0, 0.05) is 48.3 Å². The quantitative estimate of drug-likeness (QED) is 0.245. The Bertz CT molecular complexity index is 1630. The Balaban J connectivity index is 1.22. The highest BCUT2D eigenvalue weighted by Gasteiger charge is 2.30. The van der Waals surface area contributed by atoms with Crippen molar-refractivity contribution >= 4 is 28.9 Å². The number of nitrogens with one attached hydrogen (secondary N) is 2. The molecule has 3 heterocycles. The summed E-state index contributed by atoms with van der Waals surface area (Å²) in [6.45, 7) is 6.19. The van der Waals surface area contributed by atoms with Gasteiger partial charge in [-0.1, -0.05) is 37.2 Å². The molecule has 0 atom stereocenters. The van der Waals surface area contributed by atoms with Gasteiger partial charge in [0.15, 0.2) is 0 Å². The van der Waals surface area contributed by atoms with Gasteiger partial charge in [0.1, 0.15) is 17.1 Å². The summed E-state index contributed by atoms with van der Waals surface area (Å²) in [7, 11) is 5.98. The molecule has 1 amide bonds. The second-order valence-electron chi connectivity index (χ2n) is 11.7. The Morgan fingerprint density at radius 2 is 1.82 bits per heavy atom. The van der Waals surface area contributed by atoms with Crippen molar-refractivity contribution in [2.24, 2.45) is 0 Å². The van der Waals surface area contributed by atoms with Crippen LogP contribution in [0.25, 0.3) is 11.4 Å². The lowest BCUT2D eigenvalue weighted by atomic mass is 9.93. The van der Waals surface area contributed by atoms with Crippen molar-refractivity contribution in [1.82, 2.24) is 20.0 Å². The largest absolute Gasteiger partial charge is 0.494 e. The summed E-state index contributed by atoms with van der Waals surface area (Å²) in [5.74, 6) is 1.09. The average Bonchev–Trinajstić information content (AvgIpc) is 3.50. The normalized spacial score (nSPS) is 14.7. The third-order valence-corrected chi connectivity index (χ3v) is 8.96. The van der Waals surface area contributed by atoms with E-state index in [4.69, 9.17) is 14.2 Å². The third-order valence-electron chi connectivity index (χ3n) is 8.96. The molecule has 2 N–H and O–H groups in total. The number of para-hydroxylation sites is 1. The summed E-state index contributed by atoms with van der Waals surface area (Å²) < 4.78 is 11.4. The lowest BCUT2D eigenvalue weighted by Gasteiger charge is -2.36. The number of methoxy groups -OCH3 is 1. The zero-order valence-electron chi connectivity index (χ0n) is 26.2. The maximum absolute atomic E-state index is 13.5. The van der Waals surface area contributed by atoms with Gasteiger partial charge in [-0.2, -0.15) is 0 Å². The number of benzene rings is 2. The van der Waals surface area contributed by atoms with E-state index in [1.54, 1.807) is 7.11 Å². The number of aromatic nitrogens is 3. The minimum Gasteiger partial charge on any atom is -0.494 e. The van der Waals surface area contributed by atoms with Crippen molar-refractivity contribution in [2.75, 3.05) is 49.8 Å². The molecular formula is C34H41N7O3. The number of rotatable bonds is 9. The molecular weight excluding hydrogens is 554 g/mol. The first-order valence-electron chi connectivity index (χ1n) is 15.5. The summed E-state index contributed by atoms with van der Waals surface area (Å²) in [4.78, 5) is 27.6. The molecule has 1 saturated heterocycles. The number of hydrogen-bond donors (Lipinski definition) is 2. The number of aryl methyl sites for hydroxylation is 3. The second kappa shape index (κ2) is 12.7. The van der Waals surface area contributed by atoms with Crippen molar-refractivity contribution in [3.63, 3.8) is 0 Å². The van der Waals surface area contributed by atoms with Crippen LogP contribution < -0.4 is 20.3 Å². The van der Waals surface area contributed by atoms with Crippen LogP contribution in [-0.4, -0.2) is 66.3 Å². The van der Waals surface area contributed by atoms with Gasteiger partial charge in [0.2, 0.25) is 11.7 Å². The number of carbonyl (C=O) groups excluding carboxylic acids is 1. The van der Waals surface area contributed by atoms with E-state index in [0.717, 1.165) is 83.8 Å². The van der Waals surface area contributed by atoms with Crippen LogP contribution in [0.1, 0.15) is 59.5 Å². The highest BCUT2D eigenvalue weighted by Crippen LogP contribution is 2.36. The first-order chi connectivity index (χ1) is 21.4. The number of amides is 1. The number of hydrogen-bond acceptors (Lipinski definition) is 9. The number of fused-ring (bicyclic) bond motifs is 3. The Morgan fingerprint density at radius 3 is 2.50 bits per heavy atom. The molecule has 0 saturated carbocycles. The van der Waals surface area contributed by atoms with Crippen molar-refractivity contribution < 1.29 is 14.1 Å². The van der Waals surface area contributed by atoms with Crippen molar-refractivity contribution in [1.29, 1.82) is 0 Å². The summed E-state index contributed by atoms with van der Waals surface area (Å²) in [5, 5.41) is 10.8. The lowest BCUT2D eigenvalue weighted by Crippen LogP contribution is -2.41. The minimum absolute atomic E-state index is 0.235. The first kappa shape index (κ1) is 29.6. The monoisotopic (exact) mass is 595 g/mol. The zero-order valence-corrected chi connectivity index (χ0v) is 26.2. The summed E-state index contributed by atoms with van der Waals surface area (Å²) in [6.07, 6.45) is 7.06. The fraction of sp³-hybridized carbons (Fsp3) is 0.412. The van der Waals surface area contributed by atoms with E-state index in [-0.39, 0.29) is 11.7 Å². The molecule has 10 heteroatoms. The fourth-order valence-corrected chi connectivity index (χ4v) is 6.33. The molecule has 2 aromatic carbocycles. The SMILES string of the molecule is CCc1cccc(CC)c1NC(=O)c1onc2c1CCc1cnc(Nc3ccc(N4CCC(N(C)C)CC4)cc3OC)nc1-2. The van der Waals surface area contributed by atoms with Gasteiger partial charge >= 0.3 is 0 Å². The fourth-order valence-electron chi connectivity index (χ4n) is 6.33. The lowest BCUT2D eigenvalue weighted by molar-refractivity contribution is 0.0986. The van der Waals surface area contributed by atoms with Crippen LogP contribution in [0.15, 0.2) is 47.1 Å². The van der Waals surface area contributed by atoms with Crippen molar-refractivity contribution in [3.8, 4) is 17.1 Å². The zero-order chi connectivity index (χ0) is 30.8. The molecule has 0 spiro atoms. The second-order valence-corrected chi connectivity index (χ2v) is 11.7. The Kier molecular flexibility index (Phi) is 8.52. The summed E-state index contributed by atoms with van der Waals surface area (Å²) in [5.41, 5.74) is 7.96. The van der Waals surface area contributed by atoms with Crippen LogP contribution in [-0.2, 0) is 25.7 Å². The maximum Gasteiger partial charge on any atom is 0.294 e. The number of anilines is 4. The van der Waals surface area contributed by atoms with Gasteiger partial charge in [0.05, 0.1) is 12.8 Å². The molecule has 0 radical (unpaired) electrons. The number of carbonyl (C=O) groups is 1. The molecule has 230 valence electrons. The molecule has 2 aromatic heterocycles. The smallest absolute Gasteiger partial charge is 0.294 e. The van der Waals surface area contributed by atoms with E-state index in [1.807, 2.05) is 30.5 Å². The highest BCUT2D eigenvalue weighted by atomic mass is 16.5. The Morgan fingerprint density at radius 1 is 1.07 bits per heavy atom. The molecule has 1 aliphatic carbocycles. The molecule has 4 aromatic rings. The van der Waals surface area contributed by atoms with Crippen molar-refractivity contribution in [2.45, 2.75) is 58.4 Å². The van der Waals surface area contributed by atoms with E-state index in [2.05, 4.69) is 70.6 Å². The molecule has 0 bridgehead atoms. The predicted octanol–water partition coefficient (Wildman–Crippen LogP) is 5.89. The first-order valence-corrected chi connectivity index (χ1v) is 15.5. The predicted molar refractivity (Wildman–Crippen MR) is 173 cm³/mol. The number of piperidine rings is 1. The van der Waals surface area contributed by atoms with Gasteiger partial charge in [-0.15, -0.1) is 0 Å².